The Kier molecular flexibility index (Phi) is 10.5. The minimum Gasteiger partial charge on any atom is -0.414 e. The molecule has 3 rings (SSSR count). The Morgan fingerprint density at radius 2 is 1.67 bits per heavy atom. The first kappa shape index (κ1) is 35.1. The molecular weight excluding hydrogens is 587 g/mol. The number of rotatable bonds is 11. The molecule has 1 aromatic heterocycles. The molecule has 1 N–H and O–H groups in total. The van der Waals surface area contributed by atoms with Gasteiger partial charge in [0.05, 0.1) is 41.5 Å². The number of nitro groups is 1. The third kappa shape index (κ3) is 8.19. The molecule has 1 saturated heterocycles. The van der Waals surface area contributed by atoms with Crippen molar-refractivity contribution in [2.75, 3.05) is 6.61 Å². The zero-order valence-corrected chi connectivity index (χ0v) is 29.5. The standard InChI is InChI=1S/C30H49N3O8Si2/c1-20(22-14-12-13-15-23(22)33(36)37)38-18-21-17-32(28(35)31-27(21)34)26-16-24(41-43(10,11)30(5,6)7)25(40-26)19-39-42(8,9)29(2,3)4/h12-15,17,20,24-26H,16,18-19H2,1-11H3,(H,31,34,35)/t20?,24?,25-,26-/m0/s1. The molecular formula is C30H49N3O8Si2. The quantitative estimate of drug-likeness (QED) is 0.170. The first-order chi connectivity index (χ1) is 19.6. The molecule has 0 saturated carbocycles. The highest BCUT2D eigenvalue weighted by Crippen LogP contribution is 2.42. The molecule has 0 amide bonds. The second kappa shape index (κ2) is 12.9. The SMILES string of the molecule is CC(OCc1cn([C@@H]2CC(O[Si](C)(C)C(C)(C)C)[C@H](CO[Si](C)(C)C(C)(C)C)O2)c(=O)[nH]c1=O)c1ccccc1[N+](=O)[O-]. The summed E-state index contributed by atoms with van der Waals surface area (Å²) in [5.74, 6) is 0. The van der Waals surface area contributed by atoms with Crippen LogP contribution in [-0.4, -0.2) is 49.9 Å². The zero-order chi connectivity index (χ0) is 32.5. The summed E-state index contributed by atoms with van der Waals surface area (Å²) >= 11 is 0. The largest absolute Gasteiger partial charge is 0.414 e. The third-order valence-electron chi connectivity index (χ3n) is 9.26. The Hall–Kier alpha value is -2.43. The lowest BCUT2D eigenvalue weighted by Crippen LogP contribution is -2.48. The van der Waals surface area contributed by atoms with Gasteiger partial charge in [-0.2, -0.15) is 0 Å². The van der Waals surface area contributed by atoms with Gasteiger partial charge in [-0.3, -0.25) is 24.5 Å². The number of aromatic amines is 1. The maximum Gasteiger partial charge on any atom is 0.330 e. The Bertz CT molecular complexity index is 1410. The summed E-state index contributed by atoms with van der Waals surface area (Å²) in [7, 11) is -4.28. The molecule has 1 fully saturated rings. The summed E-state index contributed by atoms with van der Waals surface area (Å²) < 4.78 is 27.1. The average Bonchev–Trinajstić information content (AvgIpc) is 3.27. The van der Waals surface area contributed by atoms with E-state index in [1.807, 2.05) is 0 Å². The predicted molar refractivity (Wildman–Crippen MR) is 171 cm³/mol. The Morgan fingerprint density at radius 3 is 2.26 bits per heavy atom. The van der Waals surface area contributed by atoms with E-state index >= 15 is 0 Å². The minimum atomic E-state index is -2.19. The topological polar surface area (TPSA) is 135 Å². The van der Waals surface area contributed by atoms with Crippen molar-refractivity contribution in [3.63, 3.8) is 0 Å². The van der Waals surface area contributed by atoms with Crippen LogP contribution in [0, 0.1) is 10.1 Å². The fourth-order valence-corrected chi connectivity index (χ4v) is 6.73. The van der Waals surface area contributed by atoms with Gasteiger partial charge >= 0.3 is 5.69 Å². The lowest BCUT2D eigenvalue weighted by molar-refractivity contribution is -0.386. The molecule has 2 aromatic rings. The van der Waals surface area contributed by atoms with E-state index in [2.05, 4.69) is 72.7 Å². The van der Waals surface area contributed by atoms with Crippen LogP contribution >= 0.6 is 0 Å². The number of hydrogen-bond acceptors (Lipinski definition) is 8. The number of aromatic nitrogens is 2. The molecule has 43 heavy (non-hydrogen) atoms. The summed E-state index contributed by atoms with van der Waals surface area (Å²) in [6, 6.07) is 6.31. The number of benzene rings is 1. The molecule has 1 aliphatic heterocycles. The van der Waals surface area contributed by atoms with Gasteiger partial charge in [0.25, 0.3) is 11.2 Å². The molecule has 11 nitrogen and oxygen atoms in total. The number of nitrogens with one attached hydrogen (secondary N) is 1. The van der Waals surface area contributed by atoms with Crippen molar-refractivity contribution >= 4 is 22.3 Å². The van der Waals surface area contributed by atoms with E-state index in [1.165, 1.54) is 16.8 Å². The summed E-state index contributed by atoms with van der Waals surface area (Å²) in [5, 5.41) is 11.4. The van der Waals surface area contributed by atoms with Crippen LogP contribution < -0.4 is 11.2 Å². The van der Waals surface area contributed by atoms with Gasteiger partial charge in [-0.25, -0.2) is 4.79 Å². The van der Waals surface area contributed by atoms with Crippen molar-refractivity contribution in [3.8, 4) is 0 Å². The van der Waals surface area contributed by atoms with Crippen molar-refractivity contribution in [1.29, 1.82) is 0 Å². The fourth-order valence-electron chi connectivity index (χ4n) is 4.35. The van der Waals surface area contributed by atoms with Crippen molar-refractivity contribution in [3.05, 3.63) is 72.5 Å². The lowest BCUT2D eigenvalue weighted by atomic mass is 10.1. The molecule has 1 aliphatic rings. The number of nitro benzene ring substituents is 1. The Morgan fingerprint density at radius 1 is 1.07 bits per heavy atom. The fraction of sp³-hybridized carbons (Fsp3) is 0.667. The van der Waals surface area contributed by atoms with Crippen molar-refractivity contribution < 1.29 is 23.2 Å². The summed E-state index contributed by atoms with van der Waals surface area (Å²) in [6.45, 7) is 23.7. The van der Waals surface area contributed by atoms with Gasteiger partial charge in [-0.15, -0.1) is 0 Å². The Balaban J connectivity index is 1.87. The van der Waals surface area contributed by atoms with Crippen molar-refractivity contribution in [2.24, 2.45) is 0 Å². The van der Waals surface area contributed by atoms with Gasteiger partial charge in [0.15, 0.2) is 16.6 Å². The van der Waals surface area contributed by atoms with E-state index in [4.69, 9.17) is 18.3 Å². The van der Waals surface area contributed by atoms with Crippen LogP contribution in [0.25, 0.3) is 0 Å². The van der Waals surface area contributed by atoms with Crippen LogP contribution in [-0.2, 0) is 24.9 Å². The van der Waals surface area contributed by atoms with E-state index in [0.717, 1.165) is 0 Å². The molecule has 240 valence electrons. The maximum atomic E-state index is 13.0. The normalized spacial score (nSPS) is 20.8. The molecule has 0 spiro atoms. The third-order valence-corrected chi connectivity index (χ3v) is 18.3. The molecule has 13 heteroatoms. The maximum absolute atomic E-state index is 13.0. The molecule has 0 aliphatic carbocycles. The van der Waals surface area contributed by atoms with Crippen LogP contribution in [0.4, 0.5) is 5.69 Å². The van der Waals surface area contributed by atoms with Gasteiger partial charge in [0.1, 0.15) is 12.3 Å². The van der Waals surface area contributed by atoms with E-state index in [-0.39, 0.29) is 34.0 Å². The van der Waals surface area contributed by atoms with E-state index in [1.54, 1.807) is 25.1 Å². The van der Waals surface area contributed by atoms with Gasteiger partial charge < -0.3 is 18.3 Å². The second-order valence-electron chi connectivity index (χ2n) is 14.4. The average molecular weight is 636 g/mol. The molecule has 1 aromatic carbocycles. The van der Waals surface area contributed by atoms with Gasteiger partial charge in [-0.05, 0) is 49.3 Å². The first-order valence-corrected chi connectivity index (χ1v) is 20.6. The summed E-state index contributed by atoms with van der Waals surface area (Å²) in [4.78, 5) is 39.1. The molecule has 0 radical (unpaired) electrons. The highest BCUT2D eigenvalue weighted by molar-refractivity contribution is 6.74. The highest BCUT2D eigenvalue weighted by Gasteiger charge is 2.46. The second-order valence-corrected chi connectivity index (χ2v) is 24.0. The number of nitrogens with zero attached hydrogens (tertiary/aromatic N) is 2. The Labute approximate surface area is 256 Å². The van der Waals surface area contributed by atoms with Gasteiger partial charge in [0.2, 0.25) is 0 Å². The first-order valence-electron chi connectivity index (χ1n) is 14.8. The number of H-pyrrole nitrogens is 1. The van der Waals surface area contributed by atoms with Gasteiger partial charge in [0, 0.05) is 18.7 Å². The molecule has 2 unspecified atom stereocenters. The smallest absolute Gasteiger partial charge is 0.330 e. The monoisotopic (exact) mass is 635 g/mol. The van der Waals surface area contributed by atoms with Crippen molar-refractivity contribution in [2.45, 2.75) is 122 Å². The molecule has 4 atom stereocenters. The van der Waals surface area contributed by atoms with Crippen molar-refractivity contribution in [1.82, 2.24) is 9.55 Å². The highest BCUT2D eigenvalue weighted by atomic mass is 28.4. The number of para-hydroxylation sites is 1. The van der Waals surface area contributed by atoms with Crippen LogP contribution in [0.2, 0.25) is 36.3 Å². The van der Waals surface area contributed by atoms with Crippen LogP contribution in [0.1, 0.15) is 78.3 Å². The summed E-state index contributed by atoms with van der Waals surface area (Å²) in [6.07, 6.45) is -0.171. The van der Waals surface area contributed by atoms with E-state index < -0.39 is 51.2 Å². The lowest BCUT2D eigenvalue weighted by Gasteiger charge is -2.40. The number of ether oxygens (including phenoxy) is 2. The van der Waals surface area contributed by atoms with E-state index in [0.29, 0.717) is 18.6 Å². The zero-order valence-electron chi connectivity index (χ0n) is 27.5. The number of hydrogen-bond donors (Lipinski definition) is 1. The van der Waals surface area contributed by atoms with Gasteiger partial charge in [-0.1, -0.05) is 53.7 Å². The minimum absolute atomic E-state index is 0.0167. The summed E-state index contributed by atoms with van der Waals surface area (Å²) in [5.41, 5.74) is -0.640. The molecule has 2 heterocycles. The van der Waals surface area contributed by atoms with Crippen LogP contribution in [0.5, 0.6) is 0 Å². The van der Waals surface area contributed by atoms with E-state index in [9.17, 15) is 19.7 Å². The van der Waals surface area contributed by atoms with Crippen LogP contribution in [0.3, 0.4) is 0 Å². The predicted octanol–water partition coefficient (Wildman–Crippen LogP) is 6.42. The molecule has 0 bridgehead atoms. The van der Waals surface area contributed by atoms with Crippen LogP contribution in [0.15, 0.2) is 40.1 Å².